The fourth-order valence-corrected chi connectivity index (χ4v) is 3.76. The van der Waals surface area contributed by atoms with Crippen molar-refractivity contribution >= 4 is 29.9 Å². The molecule has 3 fully saturated rings. The predicted octanol–water partition coefficient (Wildman–Crippen LogP) is 1.98. The average Bonchev–Trinajstić information content (AvgIpc) is 3.46. The van der Waals surface area contributed by atoms with E-state index in [0.717, 1.165) is 44.6 Å². The molecule has 0 amide bonds. The van der Waals surface area contributed by atoms with Crippen LogP contribution in [0.4, 0.5) is 0 Å². The number of methoxy groups -OCH3 is 1. The summed E-state index contributed by atoms with van der Waals surface area (Å²) >= 11 is 0. The summed E-state index contributed by atoms with van der Waals surface area (Å²) in [6, 6.07) is 1.42. The van der Waals surface area contributed by atoms with E-state index in [1.54, 1.807) is 7.11 Å². The maximum Gasteiger partial charge on any atom is 0.191 e. The highest BCUT2D eigenvalue weighted by molar-refractivity contribution is 14.0. The smallest absolute Gasteiger partial charge is 0.191 e. The maximum atomic E-state index is 5.80. The van der Waals surface area contributed by atoms with Gasteiger partial charge in [0, 0.05) is 64.9 Å². The molecule has 0 aromatic carbocycles. The van der Waals surface area contributed by atoms with Crippen molar-refractivity contribution in [1.82, 2.24) is 15.5 Å². The SMILES string of the molecule is CCNC(=NCC1(OC)CCOCC1)NC1CCN(C2CC2)CC1.I. The normalized spacial score (nSPS) is 25.3. The number of hydrogen-bond donors (Lipinski definition) is 2. The Morgan fingerprint density at radius 2 is 1.88 bits per heavy atom. The molecule has 2 aliphatic heterocycles. The van der Waals surface area contributed by atoms with Gasteiger partial charge in [-0.15, -0.1) is 24.0 Å². The van der Waals surface area contributed by atoms with Gasteiger partial charge in [-0.25, -0.2) is 0 Å². The first-order valence-corrected chi connectivity index (χ1v) is 9.66. The molecule has 6 nitrogen and oxygen atoms in total. The Bertz CT molecular complexity index is 417. The van der Waals surface area contributed by atoms with E-state index < -0.39 is 0 Å². The lowest BCUT2D eigenvalue weighted by atomic mass is 9.94. The first-order valence-electron chi connectivity index (χ1n) is 9.66. The van der Waals surface area contributed by atoms with Crippen LogP contribution in [0.5, 0.6) is 0 Å². The van der Waals surface area contributed by atoms with E-state index in [4.69, 9.17) is 14.5 Å². The molecule has 0 bridgehead atoms. The summed E-state index contributed by atoms with van der Waals surface area (Å²) < 4.78 is 11.3. The molecule has 7 heteroatoms. The summed E-state index contributed by atoms with van der Waals surface area (Å²) in [5, 5.41) is 7.04. The Labute approximate surface area is 169 Å². The van der Waals surface area contributed by atoms with E-state index in [-0.39, 0.29) is 29.6 Å². The molecule has 1 saturated carbocycles. The van der Waals surface area contributed by atoms with Crippen LogP contribution < -0.4 is 10.6 Å². The van der Waals surface area contributed by atoms with Crippen LogP contribution in [0.3, 0.4) is 0 Å². The average molecular weight is 466 g/mol. The summed E-state index contributed by atoms with van der Waals surface area (Å²) in [6.45, 7) is 7.69. The van der Waals surface area contributed by atoms with Gasteiger partial charge in [0.15, 0.2) is 5.96 Å². The first-order chi connectivity index (χ1) is 11.7. The molecule has 2 heterocycles. The van der Waals surface area contributed by atoms with E-state index in [1.807, 2.05) is 0 Å². The quantitative estimate of drug-likeness (QED) is 0.356. The van der Waals surface area contributed by atoms with Crippen molar-refractivity contribution in [3.8, 4) is 0 Å². The van der Waals surface area contributed by atoms with Crippen molar-refractivity contribution in [2.75, 3.05) is 46.5 Å². The fourth-order valence-electron chi connectivity index (χ4n) is 3.76. The highest BCUT2D eigenvalue weighted by Crippen LogP contribution is 2.29. The van der Waals surface area contributed by atoms with E-state index in [9.17, 15) is 0 Å². The van der Waals surface area contributed by atoms with Crippen molar-refractivity contribution in [2.24, 2.45) is 4.99 Å². The number of hydrogen-bond acceptors (Lipinski definition) is 4. The molecule has 25 heavy (non-hydrogen) atoms. The van der Waals surface area contributed by atoms with Crippen LogP contribution in [0, 0.1) is 0 Å². The topological polar surface area (TPSA) is 58.1 Å². The van der Waals surface area contributed by atoms with Crippen LogP contribution in [-0.2, 0) is 9.47 Å². The van der Waals surface area contributed by atoms with E-state index >= 15 is 0 Å². The predicted molar refractivity (Wildman–Crippen MR) is 112 cm³/mol. The lowest BCUT2D eigenvalue weighted by Gasteiger charge is -2.35. The summed E-state index contributed by atoms with van der Waals surface area (Å²) in [5.41, 5.74) is -0.157. The number of nitrogens with zero attached hydrogens (tertiary/aromatic N) is 2. The number of aliphatic imine (C=N–C) groups is 1. The van der Waals surface area contributed by atoms with Gasteiger partial charge in [0.2, 0.25) is 0 Å². The third-order valence-corrected chi connectivity index (χ3v) is 5.64. The van der Waals surface area contributed by atoms with Crippen molar-refractivity contribution < 1.29 is 9.47 Å². The van der Waals surface area contributed by atoms with Crippen molar-refractivity contribution in [2.45, 2.75) is 63.1 Å². The zero-order chi connectivity index (χ0) is 16.8. The van der Waals surface area contributed by atoms with Gasteiger partial charge < -0.3 is 25.0 Å². The minimum absolute atomic E-state index is 0. The molecule has 0 spiro atoms. The van der Waals surface area contributed by atoms with Crippen LogP contribution in [0.1, 0.15) is 45.4 Å². The van der Waals surface area contributed by atoms with Crippen LogP contribution in [0.2, 0.25) is 0 Å². The maximum absolute atomic E-state index is 5.80. The van der Waals surface area contributed by atoms with Crippen molar-refractivity contribution in [1.29, 1.82) is 0 Å². The van der Waals surface area contributed by atoms with Crippen molar-refractivity contribution in [3.05, 3.63) is 0 Å². The number of ether oxygens (including phenoxy) is 2. The Balaban J connectivity index is 0.00000225. The van der Waals surface area contributed by atoms with E-state index in [1.165, 1.54) is 38.8 Å². The summed E-state index contributed by atoms with van der Waals surface area (Å²) in [7, 11) is 1.80. The zero-order valence-electron chi connectivity index (χ0n) is 15.8. The number of halogens is 1. The van der Waals surface area contributed by atoms with Crippen LogP contribution in [0.25, 0.3) is 0 Å². The van der Waals surface area contributed by atoms with E-state index in [0.29, 0.717) is 12.6 Å². The molecule has 3 rings (SSSR count). The second-order valence-corrected chi connectivity index (χ2v) is 7.38. The summed E-state index contributed by atoms with van der Waals surface area (Å²) in [5.74, 6) is 0.935. The fraction of sp³-hybridized carbons (Fsp3) is 0.944. The third-order valence-electron chi connectivity index (χ3n) is 5.64. The monoisotopic (exact) mass is 466 g/mol. The highest BCUT2D eigenvalue weighted by atomic mass is 127. The van der Waals surface area contributed by atoms with Gasteiger partial charge in [0.25, 0.3) is 0 Å². The van der Waals surface area contributed by atoms with Gasteiger partial charge in [0.1, 0.15) is 0 Å². The molecular formula is C18H35IN4O2. The molecule has 146 valence electrons. The second-order valence-electron chi connectivity index (χ2n) is 7.38. The molecule has 0 radical (unpaired) electrons. The van der Waals surface area contributed by atoms with Crippen molar-refractivity contribution in [3.63, 3.8) is 0 Å². The van der Waals surface area contributed by atoms with Gasteiger partial charge in [-0.1, -0.05) is 0 Å². The van der Waals surface area contributed by atoms with Crippen LogP contribution in [0.15, 0.2) is 4.99 Å². The molecule has 3 aliphatic rings. The van der Waals surface area contributed by atoms with Crippen LogP contribution in [-0.4, -0.2) is 75.0 Å². The highest BCUT2D eigenvalue weighted by Gasteiger charge is 2.33. The Kier molecular flexibility index (Phi) is 8.71. The number of nitrogens with one attached hydrogen (secondary N) is 2. The number of rotatable bonds is 6. The van der Waals surface area contributed by atoms with Gasteiger partial charge in [-0.3, -0.25) is 4.99 Å². The summed E-state index contributed by atoms with van der Waals surface area (Å²) in [6.07, 6.45) is 7.09. The standard InChI is InChI=1S/C18H34N4O2.HI/c1-3-19-17(20-14-18(23-2)8-12-24-13-9-18)21-15-6-10-22(11-7-15)16-4-5-16;/h15-16H,3-14H2,1-2H3,(H2,19,20,21);1H. The molecule has 2 saturated heterocycles. The molecular weight excluding hydrogens is 431 g/mol. The molecule has 2 N–H and O–H groups in total. The second kappa shape index (κ2) is 10.3. The lowest BCUT2D eigenvalue weighted by molar-refractivity contribution is -0.0828. The Hall–Kier alpha value is -0.120. The first kappa shape index (κ1) is 21.2. The van der Waals surface area contributed by atoms with Crippen LogP contribution >= 0.6 is 24.0 Å². The van der Waals surface area contributed by atoms with Gasteiger partial charge in [-0.2, -0.15) is 0 Å². The number of guanidine groups is 1. The minimum atomic E-state index is -0.157. The van der Waals surface area contributed by atoms with Gasteiger partial charge in [0.05, 0.1) is 12.1 Å². The summed E-state index contributed by atoms with van der Waals surface area (Å²) in [4.78, 5) is 7.50. The van der Waals surface area contributed by atoms with E-state index in [2.05, 4.69) is 22.5 Å². The molecule has 0 aromatic heterocycles. The van der Waals surface area contributed by atoms with Gasteiger partial charge in [-0.05, 0) is 32.6 Å². The number of piperidine rings is 1. The number of likely N-dealkylation sites (tertiary alicyclic amines) is 1. The Morgan fingerprint density at radius 3 is 2.44 bits per heavy atom. The Morgan fingerprint density at radius 1 is 1.20 bits per heavy atom. The zero-order valence-corrected chi connectivity index (χ0v) is 18.1. The molecule has 0 unspecified atom stereocenters. The molecule has 1 aliphatic carbocycles. The minimum Gasteiger partial charge on any atom is -0.381 e. The van der Waals surface area contributed by atoms with Gasteiger partial charge >= 0.3 is 0 Å². The third kappa shape index (κ3) is 6.22. The molecule has 0 atom stereocenters. The largest absolute Gasteiger partial charge is 0.381 e. The molecule has 0 aromatic rings. The lowest BCUT2D eigenvalue weighted by Crippen LogP contribution is -2.50.